The molecule has 0 saturated heterocycles. The van der Waals surface area contributed by atoms with E-state index >= 15 is 0 Å². The van der Waals surface area contributed by atoms with Gasteiger partial charge >= 0.3 is 53.7 Å². The maximum absolute atomic E-state index is 13.3. The Bertz CT molecular complexity index is 2410. The first-order valence-electron chi connectivity index (χ1n) is 47.4. The van der Waals surface area contributed by atoms with E-state index in [-0.39, 0.29) is 131 Å². The van der Waals surface area contributed by atoms with E-state index < -0.39 is 77.5 Å². The fraction of sp³-hybridized carbons (Fsp3) is 0.902. The zero-order chi connectivity index (χ0) is 88.9. The lowest BCUT2D eigenvalue weighted by molar-refractivity contribution is -0.157. The monoisotopic (exact) mass is 1730 g/mol. The molecule has 0 bridgehead atoms. The molecule has 5 unspecified atom stereocenters. The van der Waals surface area contributed by atoms with Crippen LogP contribution in [0.5, 0.6) is 0 Å². The molecule has 0 heterocycles. The Morgan fingerprint density at radius 3 is 0.785 bits per heavy atom. The SMILES string of the molecule is CCCCCCCCOCC(C)C(=O)OCCOC(=O)CCN(CCCOCCOC(=O)C(C)COCCCCCCC)CCNCCN(CCNCCN(CCC(=O)OCCOC(=O)C(C)COCCCCCCCC)CCC(=O)OCCOC(=O)C(C)COCCCCCCCC)CCC(=O)OCCCOC(=O)C(C)OCCCCCCCC. The van der Waals surface area contributed by atoms with Crippen molar-refractivity contribution in [2.45, 2.75) is 300 Å². The van der Waals surface area contributed by atoms with Crippen LogP contribution in [0, 0.1) is 23.7 Å². The van der Waals surface area contributed by atoms with Gasteiger partial charge in [-0.3, -0.25) is 38.4 Å². The summed E-state index contributed by atoms with van der Waals surface area (Å²) in [6, 6.07) is 0. The third kappa shape index (κ3) is 76.9. The number of hydrogen-bond donors (Lipinski definition) is 2. The molecule has 0 spiro atoms. The molecule has 0 saturated carbocycles. The third-order valence-corrected chi connectivity index (χ3v) is 20.3. The van der Waals surface area contributed by atoms with Gasteiger partial charge in [-0.2, -0.15) is 0 Å². The number of unbranched alkanes of at least 4 members (excludes halogenated alkanes) is 24. The predicted molar refractivity (Wildman–Crippen MR) is 470 cm³/mol. The van der Waals surface area contributed by atoms with Gasteiger partial charge in [0, 0.05) is 131 Å². The highest BCUT2D eigenvalue weighted by Gasteiger charge is 2.22. The number of ether oxygens (including phenoxy) is 15. The second-order valence-electron chi connectivity index (χ2n) is 32.0. The van der Waals surface area contributed by atoms with Crippen LogP contribution < -0.4 is 10.6 Å². The average molecular weight is 1730 g/mol. The van der Waals surface area contributed by atoms with Gasteiger partial charge in [-0.1, -0.05) is 189 Å². The molecule has 0 aromatic heterocycles. The van der Waals surface area contributed by atoms with Gasteiger partial charge in [0.15, 0.2) is 6.10 Å². The van der Waals surface area contributed by atoms with E-state index in [1.807, 2.05) is 4.90 Å². The first-order valence-corrected chi connectivity index (χ1v) is 47.4. The summed E-state index contributed by atoms with van der Waals surface area (Å²) in [5, 5.41) is 7.03. The Balaban J connectivity index is 6.13. The number of carbonyl (C=O) groups is 9. The Labute approximate surface area is 730 Å². The molecule has 0 rings (SSSR count). The van der Waals surface area contributed by atoms with E-state index in [1.54, 1.807) is 34.6 Å². The summed E-state index contributed by atoms with van der Waals surface area (Å²) in [5.41, 5.74) is 0. The highest BCUT2D eigenvalue weighted by atomic mass is 16.6. The van der Waals surface area contributed by atoms with Gasteiger partial charge < -0.3 is 96.4 Å². The van der Waals surface area contributed by atoms with E-state index in [9.17, 15) is 43.2 Å². The first kappa shape index (κ1) is 116. The molecule has 121 heavy (non-hydrogen) atoms. The quantitative estimate of drug-likeness (QED) is 0.0324. The maximum Gasteiger partial charge on any atom is 0.334 e. The molecule has 29 nitrogen and oxygen atoms in total. The second kappa shape index (κ2) is 86.9. The molecule has 0 aliphatic heterocycles. The summed E-state index contributed by atoms with van der Waals surface area (Å²) in [4.78, 5) is 122. The van der Waals surface area contributed by atoms with Crippen LogP contribution in [-0.4, -0.2) is 292 Å². The van der Waals surface area contributed by atoms with Crippen molar-refractivity contribution in [3.8, 4) is 0 Å². The van der Waals surface area contributed by atoms with Crippen molar-refractivity contribution >= 4 is 53.7 Å². The van der Waals surface area contributed by atoms with E-state index in [4.69, 9.17) is 71.1 Å². The number of nitrogens with zero attached hydrogens (tertiary/aromatic N) is 3. The lowest BCUT2D eigenvalue weighted by atomic mass is 10.1. The van der Waals surface area contributed by atoms with Crippen molar-refractivity contribution in [1.82, 2.24) is 25.3 Å². The molecule has 0 fully saturated rings. The van der Waals surface area contributed by atoms with Gasteiger partial charge in [0.25, 0.3) is 0 Å². The van der Waals surface area contributed by atoms with Gasteiger partial charge in [-0.15, -0.1) is 0 Å². The molecular weight excluding hydrogens is 1560 g/mol. The van der Waals surface area contributed by atoms with Crippen LogP contribution in [-0.2, 0) is 114 Å². The summed E-state index contributed by atoms with van der Waals surface area (Å²) < 4.78 is 83.7. The van der Waals surface area contributed by atoms with Crippen molar-refractivity contribution in [3.63, 3.8) is 0 Å². The van der Waals surface area contributed by atoms with Gasteiger partial charge in [-0.25, -0.2) is 4.79 Å². The highest BCUT2D eigenvalue weighted by molar-refractivity contribution is 5.75. The van der Waals surface area contributed by atoms with Crippen molar-refractivity contribution in [2.24, 2.45) is 23.7 Å². The average Bonchev–Trinajstić information content (AvgIpc) is 0.979. The lowest BCUT2D eigenvalue weighted by Crippen LogP contribution is -2.41. The third-order valence-electron chi connectivity index (χ3n) is 20.3. The van der Waals surface area contributed by atoms with Crippen molar-refractivity contribution in [1.29, 1.82) is 0 Å². The zero-order valence-corrected chi connectivity index (χ0v) is 77.6. The van der Waals surface area contributed by atoms with Crippen LogP contribution in [0.25, 0.3) is 0 Å². The molecule has 0 aromatic rings. The predicted octanol–water partition coefficient (Wildman–Crippen LogP) is 13.7. The molecule has 0 amide bonds. The van der Waals surface area contributed by atoms with Gasteiger partial charge in [0.05, 0.1) is 95.6 Å². The summed E-state index contributed by atoms with van der Waals surface area (Å²) in [6.07, 6.45) is 33.2. The van der Waals surface area contributed by atoms with Gasteiger partial charge in [-0.05, 0) is 73.1 Å². The second-order valence-corrected chi connectivity index (χ2v) is 32.0. The van der Waals surface area contributed by atoms with E-state index in [1.165, 1.54) is 116 Å². The summed E-state index contributed by atoms with van der Waals surface area (Å²) in [6.45, 7) is 29.7. The number of carbonyl (C=O) groups excluding carboxylic acids is 9. The Hall–Kier alpha value is -5.21. The fourth-order valence-electron chi connectivity index (χ4n) is 12.5. The van der Waals surface area contributed by atoms with Crippen LogP contribution >= 0.6 is 0 Å². The van der Waals surface area contributed by atoms with E-state index in [2.05, 4.69) is 55.1 Å². The molecule has 2 N–H and O–H groups in total. The number of esters is 9. The Kier molecular flexibility index (Phi) is 83.1. The minimum Gasteiger partial charge on any atom is -0.466 e. The fourth-order valence-corrected chi connectivity index (χ4v) is 12.5. The number of hydrogen-bond acceptors (Lipinski definition) is 29. The first-order chi connectivity index (χ1) is 58.8. The molecule has 0 aliphatic rings. The van der Waals surface area contributed by atoms with Crippen molar-refractivity contribution < 1.29 is 114 Å². The normalized spacial score (nSPS) is 12.8. The minimum atomic E-state index is -0.698. The van der Waals surface area contributed by atoms with Crippen LogP contribution in [0.15, 0.2) is 0 Å². The molecule has 5 atom stereocenters. The zero-order valence-electron chi connectivity index (χ0n) is 77.6. The summed E-state index contributed by atoms with van der Waals surface area (Å²) in [5.74, 6) is -5.71. The van der Waals surface area contributed by atoms with Gasteiger partial charge in [0.1, 0.15) is 46.2 Å². The molecule has 0 radical (unpaired) electrons. The minimum absolute atomic E-state index is 0.0113. The van der Waals surface area contributed by atoms with Crippen molar-refractivity contribution in [3.05, 3.63) is 0 Å². The Morgan fingerprint density at radius 1 is 0.223 bits per heavy atom. The van der Waals surface area contributed by atoms with E-state index in [0.29, 0.717) is 131 Å². The van der Waals surface area contributed by atoms with Crippen LogP contribution in [0.1, 0.15) is 294 Å². The van der Waals surface area contributed by atoms with Gasteiger partial charge in [0.2, 0.25) is 0 Å². The van der Waals surface area contributed by atoms with E-state index in [0.717, 1.165) is 70.6 Å². The largest absolute Gasteiger partial charge is 0.466 e. The van der Waals surface area contributed by atoms with Crippen LogP contribution in [0.2, 0.25) is 0 Å². The smallest absolute Gasteiger partial charge is 0.334 e. The van der Waals surface area contributed by atoms with Crippen molar-refractivity contribution in [2.75, 3.05) is 217 Å². The summed E-state index contributed by atoms with van der Waals surface area (Å²) >= 11 is 0. The number of rotatable bonds is 92. The molecule has 0 aliphatic carbocycles. The maximum atomic E-state index is 13.3. The molecule has 29 heteroatoms. The highest BCUT2D eigenvalue weighted by Crippen LogP contribution is 2.14. The van der Waals surface area contributed by atoms with Crippen LogP contribution in [0.4, 0.5) is 0 Å². The standard InChI is InChI=1S/C92H173N5O24/c1-11-16-21-26-31-36-60-109-76-80(7)89(103)119-72-69-114-85(99)42-51-95(50-40-63-107-67-68-118-88(102)79(6)75-108-59-35-30-25-20-15-5)55-46-93-48-57-97(54-45-84(98)113-65-41-66-117-92(106)83(10)112-64-39-34-29-24-19-14-4)58-49-94-47-56-96(52-43-86(100)115-70-73-120-90(104)81(8)77-110-61-37-32-27-22-17-12-2)53-44-87(101)116-71-74-121-91(105)82(9)78-111-62-38-33-28-23-18-13-3/h79-83,93-94H,11-78H2,1-10H3. The lowest BCUT2D eigenvalue weighted by Gasteiger charge is -2.25. The Morgan fingerprint density at radius 2 is 0.463 bits per heavy atom. The molecule has 710 valence electrons. The molecular formula is C92H173N5O24. The number of nitrogens with one attached hydrogen (secondary N) is 2. The molecule has 0 aromatic carbocycles. The summed E-state index contributed by atoms with van der Waals surface area (Å²) in [7, 11) is 0. The topological polar surface area (TPSA) is 326 Å². The van der Waals surface area contributed by atoms with Crippen LogP contribution in [0.3, 0.4) is 0 Å².